The van der Waals surface area contributed by atoms with Gasteiger partial charge < -0.3 is 28.8 Å². The summed E-state index contributed by atoms with van der Waals surface area (Å²) in [5.41, 5.74) is 0. The summed E-state index contributed by atoms with van der Waals surface area (Å²) in [6, 6.07) is -0.883. The van der Waals surface area contributed by atoms with Crippen LogP contribution in [-0.2, 0) is 18.4 Å². The molecule has 384 valence electrons. The van der Waals surface area contributed by atoms with Gasteiger partial charge in [-0.15, -0.1) is 0 Å². The number of nitrogens with zero attached hydrogens (tertiary/aromatic N) is 1. The number of aliphatic hydroxyl groups is 1. The zero-order valence-corrected chi connectivity index (χ0v) is 44.5. The van der Waals surface area contributed by atoms with Crippen molar-refractivity contribution in [3.63, 3.8) is 0 Å². The first-order valence-electron chi connectivity index (χ1n) is 27.3. The van der Waals surface area contributed by atoms with Gasteiger partial charge in [0.05, 0.1) is 39.9 Å². The van der Waals surface area contributed by atoms with Crippen molar-refractivity contribution in [1.29, 1.82) is 0 Å². The van der Waals surface area contributed by atoms with E-state index in [0.29, 0.717) is 17.4 Å². The molecule has 8 nitrogen and oxygen atoms in total. The number of allylic oxidation sites excluding steroid dienone is 11. The Morgan fingerprint density at radius 2 is 0.924 bits per heavy atom. The van der Waals surface area contributed by atoms with Crippen LogP contribution in [-0.4, -0.2) is 68.5 Å². The van der Waals surface area contributed by atoms with Crippen LogP contribution in [0.2, 0.25) is 0 Å². The molecule has 0 aromatic heterocycles. The summed E-state index contributed by atoms with van der Waals surface area (Å²) >= 11 is 0. The highest BCUT2D eigenvalue weighted by Gasteiger charge is 2.23. The van der Waals surface area contributed by atoms with Crippen LogP contribution in [0.4, 0.5) is 0 Å². The smallest absolute Gasteiger partial charge is 0.268 e. The van der Waals surface area contributed by atoms with Gasteiger partial charge in [0.2, 0.25) is 5.91 Å². The maximum absolute atomic E-state index is 12.8. The third kappa shape index (κ3) is 49.8. The van der Waals surface area contributed by atoms with E-state index in [2.05, 4.69) is 79.9 Å². The monoisotopic (exact) mass is 945 g/mol. The fraction of sp³-hybridized carbons (Fsp3) is 0.772. The molecule has 0 heterocycles. The third-order valence-electron chi connectivity index (χ3n) is 11.9. The first-order chi connectivity index (χ1) is 32.0. The molecule has 0 fully saturated rings. The molecular formula is C57H105N2O6P. The number of phosphoric acid groups is 1. The average molecular weight is 945 g/mol. The van der Waals surface area contributed by atoms with Gasteiger partial charge in [0, 0.05) is 6.42 Å². The Labute approximate surface area is 408 Å². The van der Waals surface area contributed by atoms with Crippen LogP contribution in [0.1, 0.15) is 232 Å². The molecule has 1 amide bonds. The molecule has 2 N–H and O–H groups in total. The van der Waals surface area contributed by atoms with Crippen molar-refractivity contribution in [2.75, 3.05) is 40.9 Å². The van der Waals surface area contributed by atoms with Crippen LogP contribution in [0, 0.1) is 0 Å². The van der Waals surface area contributed by atoms with E-state index in [1.165, 1.54) is 141 Å². The molecule has 0 aliphatic heterocycles. The lowest BCUT2D eigenvalue weighted by Crippen LogP contribution is -2.45. The Bertz CT molecular complexity index is 1300. The Hall–Kier alpha value is -2.06. The zero-order valence-electron chi connectivity index (χ0n) is 43.6. The molecule has 0 aliphatic rings. The van der Waals surface area contributed by atoms with Crippen LogP contribution in [0.25, 0.3) is 0 Å². The van der Waals surface area contributed by atoms with Gasteiger partial charge in [0.25, 0.3) is 7.82 Å². The third-order valence-corrected chi connectivity index (χ3v) is 12.9. The number of phosphoric ester groups is 1. The second-order valence-corrected chi connectivity index (χ2v) is 21.0. The minimum absolute atomic E-state index is 0.00195. The Morgan fingerprint density at radius 3 is 1.35 bits per heavy atom. The number of carbonyl (C=O) groups excluding carboxylic acids is 1. The Kier molecular flexibility index (Phi) is 46.5. The predicted molar refractivity (Wildman–Crippen MR) is 284 cm³/mol. The summed E-state index contributed by atoms with van der Waals surface area (Å²) in [6.07, 6.45) is 65.9. The summed E-state index contributed by atoms with van der Waals surface area (Å²) in [4.78, 5) is 25.2. The van der Waals surface area contributed by atoms with E-state index >= 15 is 0 Å². The molecule has 3 atom stereocenters. The van der Waals surface area contributed by atoms with E-state index in [1.54, 1.807) is 6.08 Å². The van der Waals surface area contributed by atoms with Crippen molar-refractivity contribution in [3.05, 3.63) is 72.9 Å². The van der Waals surface area contributed by atoms with Gasteiger partial charge in [0.1, 0.15) is 13.2 Å². The van der Waals surface area contributed by atoms with Gasteiger partial charge in [0.15, 0.2) is 0 Å². The average Bonchev–Trinajstić information content (AvgIpc) is 3.28. The van der Waals surface area contributed by atoms with Crippen molar-refractivity contribution >= 4 is 13.7 Å². The van der Waals surface area contributed by atoms with E-state index in [9.17, 15) is 19.4 Å². The number of rotatable bonds is 49. The molecule has 0 rings (SSSR count). The van der Waals surface area contributed by atoms with E-state index in [-0.39, 0.29) is 19.1 Å². The summed E-state index contributed by atoms with van der Waals surface area (Å²) in [7, 11) is 1.26. The van der Waals surface area contributed by atoms with Gasteiger partial charge in [-0.05, 0) is 64.2 Å². The quantitative estimate of drug-likeness (QED) is 0.0272. The molecule has 0 radical (unpaired) electrons. The van der Waals surface area contributed by atoms with Crippen molar-refractivity contribution < 1.29 is 32.9 Å². The molecular weight excluding hydrogens is 840 g/mol. The number of carbonyl (C=O) groups is 1. The van der Waals surface area contributed by atoms with Crippen molar-refractivity contribution in [1.82, 2.24) is 5.32 Å². The molecule has 0 aliphatic carbocycles. The number of hydrogen-bond acceptors (Lipinski definition) is 6. The highest BCUT2D eigenvalue weighted by Crippen LogP contribution is 2.38. The SMILES string of the molecule is CC/C=C\C/C=C\C/C=C\C/C=C\C/C=C\CCCCCCCCCCCCCCCCCCCCCCCC(=O)NC(COP(=O)([O-])OCC[N+](C)(C)C)C(O)/C=C/CCCCCCC. The molecule has 0 saturated heterocycles. The molecule has 0 bridgehead atoms. The van der Waals surface area contributed by atoms with E-state index in [1.807, 2.05) is 27.2 Å². The molecule has 66 heavy (non-hydrogen) atoms. The van der Waals surface area contributed by atoms with Gasteiger partial charge >= 0.3 is 0 Å². The number of amides is 1. The van der Waals surface area contributed by atoms with Gasteiger partial charge in [-0.1, -0.05) is 234 Å². The summed E-state index contributed by atoms with van der Waals surface area (Å²) in [6.45, 7) is 4.47. The van der Waals surface area contributed by atoms with Gasteiger partial charge in [-0.2, -0.15) is 0 Å². The predicted octanol–water partition coefficient (Wildman–Crippen LogP) is 15.7. The van der Waals surface area contributed by atoms with E-state index < -0.39 is 20.0 Å². The van der Waals surface area contributed by atoms with E-state index in [0.717, 1.165) is 70.6 Å². The van der Waals surface area contributed by atoms with E-state index in [4.69, 9.17) is 9.05 Å². The fourth-order valence-corrected chi connectivity index (χ4v) is 8.37. The number of hydrogen-bond donors (Lipinski definition) is 2. The molecule has 0 aromatic rings. The topological polar surface area (TPSA) is 108 Å². The molecule has 0 aromatic carbocycles. The fourth-order valence-electron chi connectivity index (χ4n) is 7.65. The van der Waals surface area contributed by atoms with Crippen molar-refractivity contribution in [2.45, 2.75) is 244 Å². The molecule has 0 spiro atoms. The number of nitrogens with one attached hydrogen (secondary N) is 1. The van der Waals surface area contributed by atoms with Crippen LogP contribution in [0.15, 0.2) is 72.9 Å². The minimum atomic E-state index is -4.58. The summed E-state index contributed by atoms with van der Waals surface area (Å²) in [5, 5.41) is 13.7. The first-order valence-corrected chi connectivity index (χ1v) is 28.8. The molecule has 0 saturated carbocycles. The van der Waals surface area contributed by atoms with Crippen molar-refractivity contribution in [3.8, 4) is 0 Å². The normalized spacial score (nSPS) is 14.6. The first kappa shape index (κ1) is 63.9. The zero-order chi connectivity index (χ0) is 48.5. The van der Waals surface area contributed by atoms with Crippen LogP contribution in [0.5, 0.6) is 0 Å². The van der Waals surface area contributed by atoms with Crippen LogP contribution in [0.3, 0.4) is 0 Å². The largest absolute Gasteiger partial charge is 0.756 e. The Morgan fingerprint density at radius 1 is 0.545 bits per heavy atom. The highest BCUT2D eigenvalue weighted by atomic mass is 31.2. The van der Waals surface area contributed by atoms with Crippen molar-refractivity contribution in [2.24, 2.45) is 0 Å². The number of quaternary nitrogens is 1. The number of likely N-dealkylation sites (N-methyl/N-ethyl adjacent to an activating group) is 1. The van der Waals surface area contributed by atoms with Gasteiger partial charge in [-0.3, -0.25) is 9.36 Å². The number of unbranched alkanes of at least 4 members (excludes halogenated alkanes) is 26. The standard InChI is InChI=1S/C57H105N2O6P/c1-6-8-10-12-14-15-16-17-18-19-20-21-22-23-24-25-26-27-28-29-30-31-32-33-34-35-36-37-38-39-40-41-42-43-45-47-49-51-57(61)58-55(56(60)50-48-46-44-13-11-9-7-2)54-65-66(62,63)64-53-52-59(3,4)5/h8,10,14-15,17-18,20-21,23-24,48,50,55-56,60H,6-7,9,11-13,16,19,22,25-47,49,51-54H2,1-5H3,(H-,58,61,62,63)/b10-8-,15-14-,18-17-,21-20-,24-23-,50-48+. The maximum atomic E-state index is 12.8. The Balaban J connectivity index is 3.82. The minimum Gasteiger partial charge on any atom is -0.756 e. The van der Waals surface area contributed by atoms with Crippen LogP contribution >= 0.6 is 7.82 Å². The number of aliphatic hydroxyl groups excluding tert-OH is 1. The summed E-state index contributed by atoms with van der Waals surface area (Å²) < 4.78 is 23.1. The molecule has 9 heteroatoms. The highest BCUT2D eigenvalue weighted by molar-refractivity contribution is 7.45. The second kappa shape index (κ2) is 48.0. The van der Waals surface area contributed by atoms with Gasteiger partial charge in [-0.25, -0.2) is 0 Å². The molecule has 3 unspecified atom stereocenters. The maximum Gasteiger partial charge on any atom is 0.268 e. The lowest BCUT2D eigenvalue weighted by molar-refractivity contribution is -0.870. The lowest BCUT2D eigenvalue weighted by Gasteiger charge is -2.29. The second-order valence-electron chi connectivity index (χ2n) is 19.6. The van der Waals surface area contributed by atoms with Crippen LogP contribution < -0.4 is 10.2 Å². The summed E-state index contributed by atoms with van der Waals surface area (Å²) in [5.74, 6) is -0.201. The lowest BCUT2D eigenvalue weighted by atomic mass is 10.0.